The number of rotatable bonds is 8. The van der Waals surface area contributed by atoms with Gasteiger partial charge in [0.1, 0.15) is 5.75 Å². The summed E-state index contributed by atoms with van der Waals surface area (Å²) in [6, 6.07) is 6.56. The Hall–Kier alpha value is -2.24. The molecular formula is C17H25NO5. The maximum absolute atomic E-state index is 12.2. The number of carbonyl (C=O) groups excluding carboxylic acids is 2. The highest BCUT2D eigenvalue weighted by Gasteiger charge is 2.26. The molecule has 0 spiro atoms. The van der Waals surface area contributed by atoms with Crippen LogP contribution in [0, 0.1) is 0 Å². The Kier molecular flexibility index (Phi) is 8.57. The molecule has 1 aromatic rings. The van der Waals surface area contributed by atoms with E-state index in [2.05, 4.69) is 0 Å². The highest BCUT2D eigenvalue weighted by molar-refractivity contribution is 6.09. The number of methoxy groups -OCH3 is 1. The van der Waals surface area contributed by atoms with Crippen LogP contribution in [0.2, 0.25) is 0 Å². The van der Waals surface area contributed by atoms with Gasteiger partial charge in [0.15, 0.2) is 0 Å². The molecule has 6 nitrogen and oxygen atoms in total. The molecule has 23 heavy (non-hydrogen) atoms. The zero-order valence-corrected chi connectivity index (χ0v) is 14.0. The zero-order valence-electron chi connectivity index (χ0n) is 14.0. The second-order valence-corrected chi connectivity index (χ2v) is 4.97. The van der Waals surface area contributed by atoms with Crippen molar-refractivity contribution >= 4 is 17.9 Å². The van der Waals surface area contributed by atoms with E-state index in [9.17, 15) is 9.59 Å². The Morgan fingerprint density at radius 2 is 1.39 bits per heavy atom. The summed E-state index contributed by atoms with van der Waals surface area (Å²) >= 11 is 0. The van der Waals surface area contributed by atoms with E-state index >= 15 is 0 Å². The van der Waals surface area contributed by atoms with E-state index in [1.807, 2.05) is 13.8 Å². The van der Waals surface area contributed by atoms with Gasteiger partial charge in [-0.05, 0) is 37.1 Å². The Morgan fingerprint density at radius 3 is 1.78 bits per heavy atom. The third-order valence-corrected chi connectivity index (χ3v) is 3.14. The molecule has 0 aliphatic heterocycles. The summed E-state index contributed by atoms with van der Waals surface area (Å²) in [6.07, 6.45) is 1.82. The molecule has 0 N–H and O–H groups in total. The summed E-state index contributed by atoms with van der Waals surface area (Å²) in [5, 5.41) is 0. The van der Waals surface area contributed by atoms with Crippen LogP contribution in [0.25, 0.3) is 0 Å². The molecule has 0 bridgehead atoms. The van der Waals surface area contributed by atoms with Crippen LogP contribution < -0.4 is 9.64 Å². The van der Waals surface area contributed by atoms with Gasteiger partial charge in [0.05, 0.1) is 26.0 Å². The van der Waals surface area contributed by atoms with Gasteiger partial charge >= 0.3 is 12.2 Å². The van der Waals surface area contributed by atoms with Crippen LogP contribution >= 0.6 is 0 Å². The Bertz CT molecular complexity index is 464. The molecule has 0 atom stereocenters. The molecule has 128 valence electrons. The second-order valence-electron chi connectivity index (χ2n) is 4.97. The quantitative estimate of drug-likeness (QED) is 0.664. The molecule has 0 saturated heterocycles. The average Bonchev–Trinajstić information content (AvgIpc) is 2.56. The van der Waals surface area contributed by atoms with Crippen LogP contribution in [0.1, 0.15) is 39.5 Å². The van der Waals surface area contributed by atoms with Gasteiger partial charge in [-0.3, -0.25) is 0 Å². The third kappa shape index (κ3) is 6.18. The standard InChI is InChI=1S/C17H25NO5/c1-4-6-12-22-16(19)18(17(20)23-13-7-5-2)14-8-10-15(21-3)11-9-14/h8-11H,4-7,12-13H2,1-3H3. The average molecular weight is 323 g/mol. The lowest BCUT2D eigenvalue weighted by atomic mass is 10.3. The molecule has 1 rings (SSSR count). The number of nitrogens with zero attached hydrogens (tertiary/aromatic N) is 1. The molecular weight excluding hydrogens is 298 g/mol. The van der Waals surface area contributed by atoms with Crippen molar-refractivity contribution in [2.75, 3.05) is 25.2 Å². The molecule has 0 heterocycles. The van der Waals surface area contributed by atoms with Crippen LogP contribution in [0.5, 0.6) is 5.75 Å². The fraction of sp³-hybridized carbons (Fsp3) is 0.529. The number of imide groups is 1. The molecule has 1 aromatic carbocycles. The Balaban J connectivity index is 2.85. The summed E-state index contributed by atoms with van der Waals surface area (Å²) in [7, 11) is 1.55. The predicted octanol–water partition coefficient (Wildman–Crippen LogP) is 4.38. The first-order valence-corrected chi connectivity index (χ1v) is 7.91. The van der Waals surface area contributed by atoms with Crippen molar-refractivity contribution in [1.82, 2.24) is 0 Å². The predicted molar refractivity (Wildman–Crippen MR) is 88.0 cm³/mol. The first-order chi connectivity index (χ1) is 11.1. The lowest BCUT2D eigenvalue weighted by Crippen LogP contribution is -2.38. The monoisotopic (exact) mass is 323 g/mol. The van der Waals surface area contributed by atoms with Crippen molar-refractivity contribution in [2.45, 2.75) is 39.5 Å². The Labute approximate surface area is 137 Å². The number of hydrogen-bond acceptors (Lipinski definition) is 5. The van der Waals surface area contributed by atoms with Crippen molar-refractivity contribution in [3.8, 4) is 5.75 Å². The topological polar surface area (TPSA) is 65.1 Å². The molecule has 0 saturated carbocycles. The summed E-state index contributed by atoms with van der Waals surface area (Å²) < 4.78 is 15.4. The van der Waals surface area contributed by atoms with E-state index in [4.69, 9.17) is 14.2 Å². The number of amides is 2. The van der Waals surface area contributed by atoms with Gasteiger partial charge in [-0.25, -0.2) is 9.59 Å². The molecule has 0 fully saturated rings. The van der Waals surface area contributed by atoms with Gasteiger partial charge in [0.2, 0.25) is 0 Å². The van der Waals surface area contributed by atoms with Gasteiger partial charge in [-0.1, -0.05) is 26.7 Å². The minimum absolute atomic E-state index is 0.268. The van der Waals surface area contributed by atoms with E-state index in [0.717, 1.165) is 30.6 Å². The van der Waals surface area contributed by atoms with E-state index in [-0.39, 0.29) is 13.2 Å². The van der Waals surface area contributed by atoms with Gasteiger partial charge in [0.25, 0.3) is 0 Å². The first kappa shape index (κ1) is 18.8. The van der Waals surface area contributed by atoms with Gasteiger partial charge in [-0.2, -0.15) is 4.90 Å². The number of carbonyl (C=O) groups is 2. The largest absolute Gasteiger partial charge is 0.497 e. The number of anilines is 1. The van der Waals surface area contributed by atoms with Crippen LogP contribution in [-0.2, 0) is 9.47 Å². The molecule has 2 amide bonds. The van der Waals surface area contributed by atoms with E-state index in [1.54, 1.807) is 31.4 Å². The molecule has 0 unspecified atom stereocenters. The molecule has 0 radical (unpaired) electrons. The van der Waals surface area contributed by atoms with Crippen LogP contribution in [-0.4, -0.2) is 32.5 Å². The third-order valence-electron chi connectivity index (χ3n) is 3.14. The van der Waals surface area contributed by atoms with Crippen molar-refractivity contribution in [3.05, 3.63) is 24.3 Å². The second kappa shape index (κ2) is 10.5. The molecule has 0 aliphatic rings. The van der Waals surface area contributed by atoms with Crippen molar-refractivity contribution < 1.29 is 23.8 Å². The summed E-state index contributed by atoms with van der Waals surface area (Å²) in [4.78, 5) is 25.3. The van der Waals surface area contributed by atoms with E-state index in [1.165, 1.54) is 0 Å². The summed E-state index contributed by atoms with van der Waals surface area (Å²) in [6.45, 7) is 4.52. The minimum atomic E-state index is -0.731. The minimum Gasteiger partial charge on any atom is -0.497 e. The maximum atomic E-state index is 12.2. The summed E-state index contributed by atoms with van der Waals surface area (Å²) in [5.74, 6) is 0.632. The number of hydrogen-bond donors (Lipinski definition) is 0. The van der Waals surface area contributed by atoms with Gasteiger partial charge < -0.3 is 14.2 Å². The Morgan fingerprint density at radius 1 is 0.913 bits per heavy atom. The number of unbranched alkanes of at least 4 members (excludes halogenated alkanes) is 2. The van der Waals surface area contributed by atoms with Crippen molar-refractivity contribution in [2.24, 2.45) is 0 Å². The fourth-order valence-corrected chi connectivity index (χ4v) is 1.75. The van der Waals surface area contributed by atoms with Crippen LogP contribution in [0.3, 0.4) is 0 Å². The van der Waals surface area contributed by atoms with E-state index < -0.39 is 12.2 Å². The molecule has 6 heteroatoms. The lowest BCUT2D eigenvalue weighted by molar-refractivity contribution is 0.133. The van der Waals surface area contributed by atoms with Crippen molar-refractivity contribution in [1.29, 1.82) is 0 Å². The molecule has 0 aromatic heterocycles. The van der Waals surface area contributed by atoms with Gasteiger partial charge in [-0.15, -0.1) is 0 Å². The van der Waals surface area contributed by atoms with Crippen LogP contribution in [0.15, 0.2) is 24.3 Å². The first-order valence-electron chi connectivity index (χ1n) is 7.91. The van der Waals surface area contributed by atoms with Crippen LogP contribution in [0.4, 0.5) is 15.3 Å². The zero-order chi connectivity index (χ0) is 17.1. The highest BCUT2D eigenvalue weighted by Crippen LogP contribution is 2.21. The SMILES string of the molecule is CCCCOC(=O)N(C(=O)OCCCC)c1ccc(OC)cc1. The number of benzene rings is 1. The maximum Gasteiger partial charge on any atom is 0.424 e. The molecule has 0 aliphatic carbocycles. The summed E-state index contributed by atoms with van der Waals surface area (Å²) in [5.41, 5.74) is 0.383. The normalized spacial score (nSPS) is 10.0. The van der Waals surface area contributed by atoms with Gasteiger partial charge in [0, 0.05) is 0 Å². The van der Waals surface area contributed by atoms with E-state index in [0.29, 0.717) is 11.4 Å². The smallest absolute Gasteiger partial charge is 0.424 e. The number of ether oxygens (including phenoxy) is 3. The lowest BCUT2D eigenvalue weighted by Gasteiger charge is -2.20. The van der Waals surface area contributed by atoms with Crippen molar-refractivity contribution in [3.63, 3.8) is 0 Å². The fourth-order valence-electron chi connectivity index (χ4n) is 1.75. The highest BCUT2D eigenvalue weighted by atomic mass is 16.6.